The molecule has 3 rings (SSSR count). The van der Waals surface area contributed by atoms with Crippen molar-refractivity contribution in [2.24, 2.45) is 10.7 Å². The first-order chi connectivity index (χ1) is 13.1. The number of pyridine rings is 1. The lowest BCUT2D eigenvalue weighted by Crippen LogP contribution is -2.13. The topological polar surface area (TPSA) is 68.2 Å². The van der Waals surface area contributed by atoms with E-state index >= 15 is 0 Å². The second-order valence-corrected chi connectivity index (χ2v) is 6.75. The van der Waals surface area contributed by atoms with Gasteiger partial charge in [-0.3, -0.25) is 4.99 Å². The number of aliphatic imine (C=N–C) groups is 1. The summed E-state index contributed by atoms with van der Waals surface area (Å²) in [4.78, 5) is 9.01. The quantitative estimate of drug-likeness (QED) is 0.660. The zero-order valence-corrected chi connectivity index (χ0v) is 15.5. The van der Waals surface area contributed by atoms with E-state index in [1.807, 2.05) is 24.7 Å². The number of halogens is 1. The Bertz CT molecular complexity index is 893. The highest BCUT2D eigenvalue weighted by Gasteiger charge is 2.14. The van der Waals surface area contributed by atoms with Crippen LogP contribution in [0.15, 0.2) is 60.8 Å². The highest BCUT2D eigenvalue weighted by molar-refractivity contribution is 6.01. The van der Waals surface area contributed by atoms with Crippen LogP contribution in [0.25, 0.3) is 16.7 Å². The van der Waals surface area contributed by atoms with Crippen LogP contribution < -0.4 is 11.1 Å². The maximum atomic E-state index is 13.9. The molecule has 0 saturated carbocycles. The Hall–Kier alpha value is -2.89. The Morgan fingerprint density at radius 3 is 2.96 bits per heavy atom. The first kappa shape index (κ1) is 18.9. The molecule has 1 aliphatic heterocycles. The summed E-state index contributed by atoms with van der Waals surface area (Å²) in [7, 11) is 0. The molecule has 0 fully saturated rings. The molecule has 1 aliphatic rings. The summed E-state index contributed by atoms with van der Waals surface area (Å²) >= 11 is 0. The van der Waals surface area contributed by atoms with Crippen LogP contribution in [0.2, 0.25) is 0 Å². The fourth-order valence-electron chi connectivity index (χ4n) is 3.20. The third-order valence-electron chi connectivity index (χ3n) is 4.74. The van der Waals surface area contributed by atoms with Gasteiger partial charge in [-0.1, -0.05) is 13.2 Å². The van der Waals surface area contributed by atoms with Gasteiger partial charge in [0.25, 0.3) is 0 Å². The van der Waals surface area contributed by atoms with Gasteiger partial charge in [-0.25, -0.2) is 9.37 Å². The molecule has 0 bridgehead atoms. The zero-order chi connectivity index (χ0) is 19.2. The second kappa shape index (κ2) is 8.66. The lowest BCUT2D eigenvalue weighted by molar-refractivity contribution is 0.296. The summed E-state index contributed by atoms with van der Waals surface area (Å²) < 4.78 is 16.0. The summed E-state index contributed by atoms with van der Waals surface area (Å²) in [5, 5.41) is 3.98. The lowest BCUT2D eigenvalue weighted by atomic mass is 10.1. The van der Waals surface area contributed by atoms with Gasteiger partial charge in [0, 0.05) is 41.9 Å². The van der Waals surface area contributed by atoms with E-state index in [0.29, 0.717) is 31.5 Å². The molecule has 2 aromatic rings. The van der Waals surface area contributed by atoms with Crippen LogP contribution in [0.3, 0.4) is 0 Å². The standard InChI is InChI=1S/C21H26FN5/c1-3-24-10-8-18(22)5-4-16-12-17-9-11-27(21(17)26-13-16)19-6-7-20(15(2)23)25-14-19/h3,9,11-14,18,24H,1-2,4-8,10,23H2. The molecule has 3 heterocycles. The number of nitrogens with zero attached hydrogens (tertiary/aromatic N) is 3. The van der Waals surface area contributed by atoms with E-state index in [0.717, 1.165) is 40.8 Å². The number of fused-ring (bicyclic) bond motifs is 1. The molecular formula is C21H26FN5. The molecule has 0 amide bonds. The number of aryl methyl sites for hydroxylation is 1. The van der Waals surface area contributed by atoms with Gasteiger partial charge in [0.2, 0.25) is 0 Å². The van der Waals surface area contributed by atoms with E-state index in [1.54, 1.807) is 6.20 Å². The molecule has 27 heavy (non-hydrogen) atoms. The van der Waals surface area contributed by atoms with E-state index in [9.17, 15) is 4.39 Å². The minimum Gasteiger partial charge on any atom is -0.398 e. The summed E-state index contributed by atoms with van der Waals surface area (Å²) in [5.41, 5.74) is 10.1. The number of nitrogens with two attached hydrogens (primary N) is 1. The van der Waals surface area contributed by atoms with Crippen LogP contribution in [-0.2, 0) is 6.42 Å². The van der Waals surface area contributed by atoms with E-state index in [-0.39, 0.29) is 0 Å². The van der Waals surface area contributed by atoms with Crippen LogP contribution >= 0.6 is 0 Å². The minimum absolute atomic E-state index is 0.490. The van der Waals surface area contributed by atoms with Crippen molar-refractivity contribution in [3.8, 4) is 0 Å². The number of alkyl halides is 1. The maximum Gasteiger partial charge on any atom is 0.144 e. The summed E-state index contributed by atoms with van der Waals surface area (Å²) in [6.45, 7) is 7.92. The summed E-state index contributed by atoms with van der Waals surface area (Å²) in [5.74, 6) is 0. The van der Waals surface area contributed by atoms with E-state index < -0.39 is 6.17 Å². The Morgan fingerprint density at radius 2 is 2.26 bits per heavy atom. The van der Waals surface area contributed by atoms with Gasteiger partial charge in [0.1, 0.15) is 11.8 Å². The Morgan fingerprint density at radius 1 is 1.41 bits per heavy atom. The molecule has 0 saturated heterocycles. The lowest BCUT2D eigenvalue weighted by Gasteiger charge is -2.15. The molecule has 1 atom stereocenters. The first-order valence-corrected chi connectivity index (χ1v) is 9.23. The van der Waals surface area contributed by atoms with Crippen molar-refractivity contribution in [2.45, 2.75) is 38.3 Å². The molecule has 2 aromatic heterocycles. The number of allylic oxidation sites excluding steroid dienone is 2. The number of nitrogens with one attached hydrogen (secondary N) is 1. The van der Waals surface area contributed by atoms with Gasteiger partial charge >= 0.3 is 0 Å². The van der Waals surface area contributed by atoms with Gasteiger partial charge in [-0.15, -0.1) is 0 Å². The average molecular weight is 367 g/mol. The fourth-order valence-corrected chi connectivity index (χ4v) is 3.20. The molecular weight excluding hydrogens is 341 g/mol. The first-order valence-electron chi connectivity index (χ1n) is 9.23. The molecule has 3 N–H and O–H groups in total. The van der Waals surface area contributed by atoms with Crippen LogP contribution in [0.4, 0.5) is 4.39 Å². The van der Waals surface area contributed by atoms with Gasteiger partial charge in [0.05, 0.1) is 5.71 Å². The predicted octanol–water partition coefficient (Wildman–Crippen LogP) is 3.94. The van der Waals surface area contributed by atoms with Crippen molar-refractivity contribution in [1.29, 1.82) is 0 Å². The third-order valence-corrected chi connectivity index (χ3v) is 4.74. The second-order valence-electron chi connectivity index (χ2n) is 6.75. The molecule has 0 radical (unpaired) electrons. The van der Waals surface area contributed by atoms with Crippen LogP contribution in [0.1, 0.15) is 31.2 Å². The SMILES string of the molecule is C=CNCCC(F)CCc1cnc2c(ccn2C2=CN=C(C(=C)N)CC2)c1. The van der Waals surface area contributed by atoms with Crippen molar-refractivity contribution < 1.29 is 4.39 Å². The average Bonchev–Trinajstić information content (AvgIpc) is 3.10. The van der Waals surface area contributed by atoms with Crippen molar-refractivity contribution in [3.05, 3.63) is 61.3 Å². The number of rotatable bonds is 9. The van der Waals surface area contributed by atoms with Crippen molar-refractivity contribution in [3.63, 3.8) is 0 Å². The van der Waals surface area contributed by atoms with Crippen LogP contribution in [0, 0.1) is 0 Å². The Kier molecular flexibility index (Phi) is 6.06. The number of hydrogen-bond acceptors (Lipinski definition) is 4. The Labute approximate surface area is 159 Å². The molecule has 142 valence electrons. The van der Waals surface area contributed by atoms with Gasteiger partial charge in [0.15, 0.2) is 0 Å². The number of aromatic nitrogens is 2. The predicted molar refractivity (Wildman–Crippen MR) is 110 cm³/mol. The van der Waals surface area contributed by atoms with Gasteiger partial charge in [-0.05, 0) is 56.0 Å². The largest absolute Gasteiger partial charge is 0.398 e. The summed E-state index contributed by atoms with van der Waals surface area (Å²) in [6, 6.07) is 4.13. The van der Waals surface area contributed by atoms with Crippen molar-refractivity contribution in [1.82, 2.24) is 14.9 Å². The molecule has 6 heteroatoms. The highest BCUT2D eigenvalue weighted by Crippen LogP contribution is 2.25. The Balaban J connectivity index is 1.68. The van der Waals surface area contributed by atoms with Gasteiger partial charge < -0.3 is 15.6 Å². The third kappa shape index (κ3) is 4.64. The van der Waals surface area contributed by atoms with Crippen LogP contribution in [0.5, 0.6) is 0 Å². The van der Waals surface area contributed by atoms with E-state index in [2.05, 4.69) is 39.1 Å². The normalized spacial score (nSPS) is 15.1. The maximum absolute atomic E-state index is 13.9. The van der Waals surface area contributed by atoms with Crippen molar-refractivity contribution in [2.75, 3.05) is 6.54 Å². The smallest absolute Gasteiger partial charge is 0.144 e. The monoisotopic (exact) mass is 367 g/mol. The zero-order valence-electron chi connectivity index (χ0n) is 15.5. The highest BCUT2D eigenvalue weighted by atomic mass is 19.1. The van der Waals surface area contributed by atoms with E-state index in [1.165, 1.54) is 0 Å². The van der Waals surface area contributed by atoms with E-state index in [4.69, 9.17) is 5.73 Å². The summed E-state index contributed by atoms with van der Waals surface area (Å²) in [6.07, 6.45) is 9.72. The molecule has 0 spiro atoms. The molecule has 0 aromatic carbocycles. The van der Waals surface area contributed by atoms with Gasteiger partial charge in [-0.2, -0.15) is 0 Å². The minimum atomic E-state index is -0.825. The molecule has 5 nitrogen and oxygen atoms in total. The van der Waals surface area contributed by atoms with Crippen molar-refractivity contribution >= 4 is 22.4 Å². The van der Waals surface area contributed by atoms with Crippen LogP contribution in [-0.4, -0.2) is 28.0 Å². The number of hydrogen-bond donors (Lipinski definition) is 2. The molecule has 1 unspecified atom stereocenters. The fraction of sp³-hybridized carbons (Fsp3) is 0.333. The molecule has 0 aliphatic carbocycles.